The highest BCUT2D eigenvalue weighted by Gasteiger charge is 1.85. The zero-order valence-electron chi connectivity index (χ0n) is 5.11. The number of ether oxygens (including phenoxy) is 1. The molecule has 8 heavy (non-hydrogen) atoms. The SMILES string of the molecule is C#CCC(=C)OCC. The van der Waals surface area contributed by atoms with Crippen LogP contribution >= 0.6 is 0 Å². The topological polar surface area (TPSA) is 9.23 Å². The first-order valence-electron chi connectivity index (χ1n) is 2.55. The van der Waals surface area contributed by atoms with E-state index in [9.17, 15) is 0 Å². The zero-order valence-corrected chi connectivity index (χ0v) is 5.11. The van der Waals surface area contributed by atoms with Crippen molar-refractivity contribution in [2.75, 3.05) is 6.61 Å². The van der Waals surface area contributed by atoms with E-state index in [0.717, 1.165) is 0 Å². The van der Waals surface area contributed by atoms with E-state index in [0.29, 0.717) is 18.8 Å². The van der Waals surface area contributed by atoms with Gasteiger partial charge in [-0.25, -0.2) is 0 Å². The van der Waals surface area contributed by atoms with Crippen molar-refractivity contribution in [1.29, 1.82) is 0 Å². The van der Waals surface area contributed by atoms with Gasteiger partial charge in [0, 0.05) is 0 Å². The Balaban J connectivity index is 3.23. The minimum absolute atomic E-state index is 0.522. The number of allylic oxidation sites excluding steroid dienone is 1. The second kappa shape index (κ2) is 4.26. The molecule has 1 nitrogen and oxygen atoms in total. The van der Waals surface area contributed by atoms with Gasteiger partial charge in [-0.15, -0.1) is 6.42 Å². The molecule has 0 aromatic heterocycles. The van der Waals surface area contributed by atoms with E-state index < -0.39 is 0 Å². The smallest absolute Gasteiger partial charge is 0.101 e. The van der Waals surface area contributed by atoms with Gasteiger partial charge in [0.15, 0.2) is 0 Å². The molecule has 0 N–H and O–H groups in total. The molecule has 0 amide bonds. The van der Waals surface area contributed by atoms with Gasteiger partial charge in [-0.1, -0.05) is 12.5 Å². The fourth-order valence-electron chi connectivity index (χ4n) is 0.369. The predicted octanol–water partition coefficient (Wildman–Crippen LogP) is 1.56. The molecule has 0 saturated heterocycles. The molecule has 1 heteroatoms. The summed E-state index contributed by atoms with van der Waals surface area (Å²) in [5.74, 6) is 3.10. The Hall–Kier alpha value is -0.900. The van der Waals surface area contributed by atoms with Gasteiger partial charge in [-0.2, -0.15) is 0 Å². The highest BCUT2D eigenvalue weighted by atomic mass is 16.5. The van der Waals surface area contributed by atoms with Crippen LogP contribution in [0.3, 0.4) is 0 Å². The van der Waals surface area contributed by atoms with Crippen LogP contribution in [0.25, 0.3) is 0 Å². The standard InChI is InChI=1S/C7H10O/c1-4-6-7(3)8-5-2/h1H,3,5-6H2,2H3. The van der Waals surface area contributed by atoms with E-state index in [-0.39, 0.29) is 0 Å². The van der Waals surface area contributed by atoms with Crippen molar-refractivity contribution in [3.05, 3.63) is 12.3 Å². The number of hydrogen-bond acceptors (Lipinski definition) is 1. The van der Waals surface area contributed by atoms with Gasteiger partial charge < -0.3 is 4.74 Å². The Bertz CT molecular complexity index is 108. The van der Waals surface area contributed by atoms with Crippen molar-refractivity contribution in [3.8, 4) is 12.3 Å². The molecule has 0 aromatic rings. The third-order valence-electron chi connectivity index (χ3n) is 0.648. The monoisotopic (exact) mass is 110 g/mol. The first kappa shape index (κ1) is 7.10. The molecular weight excluding hydrogens is 100 g/mol. The van der Waals surface area contributed by atoms with Gasteiger partial charge in [-0.3, -0.25) is 0 Å². The fourth-order valence-corrected chi connectivity index (χ4v) is 0.369. The summed E-state index contributed by atoms with van der Waals surface area (Å²) >= 11 is 0. The third-order valence-corrected chi connectivity index (χ3v) is 0.648. The second-order valence-electron chi connectivity index (χ2n) is 1.35. The quantitative estimate of drug-likeness (QED) is 0.395. The van der Waals surface area contributed by atoms with Crippen LogP contribution in [0.15, 0.2) is 12.3 Å². The van der Waals surface area contributed by atoms with Crippen LogP contribution < -0.4 is 0 Å². The van der Waals surface area contributed by atoms with Crippen molar-refractivity contribution >= 4 is 0 Å². The minimum atomic E-state index is 0.522. The van der Waals surface area contributed by atoms with Crippen molar-refractivity contribution in [2.24, 2.45) is 0 Å². The lowest BCUT2D eigenvalue weighted by atomic mass is 10.4. The molecule has 0 aliphatic rings. The van der Waals surface area contributed by atoms with Gasteiger partial charge >= 0.3 is 0 Å². The van der Waals surface area contributed by atoms with E-state index in [1.165, 1.54) is 0 Å². The summed E-state index contributed by atoms with van der Waals surface area (Å²) < 4.78 is 4.95. The van der Waals surface area contributed by atoms with E-state index in [4.69, 9.17) is 11.2 Å². The predicted molar refractivity (Wildman–Crippen MR) is 34.2 cm³/mol. The highest BCUT2D eigenvalue weighted by Crippen LogP contribution is 1.96. The van der Waals surface area contributed by atoms with Crippen LogP contribution in [-0.2, 0) is 4.74 Å². The van der Waals surface area contributed by atoms with Crippen LogP contribution in [0.4, 0.5) is 0 Å². The molecule has 0 saturated carbocycles. The molecule has 0 fully saturated rings. The lowest BCUT2D eigenvalue weighted by Gasteiger charge is -1.99. The molecule has 0 atom stereocenters. The molecule has 0 bridgehead atoms. The average Bonchev–Trinajstić information content (AvgIpc) is 1.68. The van der Waals surface area contributed by atoms with Gasteiger partial charge in [0.2, 0.25) is 0 Å². The Morgan fingerprint density at radius 1 is 1.88 bits per heavy atom. The fraction of sp³-hybridized carbons (Fsp3) is 0.429. The Morgan fingerprint density at radius 2 is 2.50 bits per heavy atom. The lowest BCUT2D eigenvalue weighted by Crippen LogP contribution is -1.86. The number of terminal acetylenes is 1. The van der Waals surface area contributed by atoms with Crippen molar-refractivity contribution < 1.29 is 4.74 Å². The maximum Gasteiger partial charge on any atom is 0.101 e. The van der Waals surface area contributed by atoms with E-state index in [1.807, 2.05) is 6.92 Å². The Kier molecular flexibility index (Phi) is 3.78. The summed E-state index contributed by atoms with van der Waals surface area (Å²) in [6, 6.07) is 0. The molecule has 0 aromatic carbocycles. The second-order valence-corrected chi connectivity index (χ2v) is 1.35. The van der Waals surface area contributed by atoms with Crippen LogP contribution in [0.2, 0.25) is 0 Å². The van der Waals surface area contributed by atoms with Crippen LogP contribution in [-0.4, -0.2) is 6.61 Å². The molecule has 0 spiro atoms. The first-order valence-corrected chi connectivity index (χ1v) is 2.55. The molecule has 0 unspecified atom stereocenters. The van der Waals surface area contributed by atoms with Gasteiger partial charge in [0.25, 0.3) is 0 Å². The van der Waals surface area contributed by atoms with Crippen molar-refractivity contribution in [1.82, 2.24) is 0 Å². The van der Waals surface area contributed by atoms with E-state index in [2.05, 4.69) is 12.5 Å². The zero-order chi connectivity index (χ0) is 6.41. The molecule has 0 heterocycles. The molecule has 0 radical (unpaired) electrons. The van der Waals surface area contributed by atoms with Gasteiger partial charge in [0.05, 0.1) is 13.0 Å². The Morgan fingerprint density at radius 3 is 2.88 bits per heavy atom. The molecule has 0 rings (SSSR count). The summed E-state index contributed by atoms with van der Waals surface area (Å²) in [6.07, 6.45) is 5.49. The highest BCUT2D eigenvalue weighted by molar-refractivity contribution is 4.98. The van der Waals surface area contributed by atoms with Crippen molar-refractivity contribution in [3.63, 3.8) is 0 Å². The third kappa shape index (κ3) is 3.30. The van der Waals surface area contributed by atoms with Crippen LogP contribution in [0, 0.1) is 12.3 Å². The lowest BCUT2D eigenvalue weighted by molar-refractivity contribution is 0.227. The maximum absolute atomic E-state index is 4.97. The minimum Gasteiger partial charge on any atom is -0.498 e. The summed E-state index contributed by atoms with van der Waals surface area (Å²) in [4.78, 5) is 0. The number of hydrogen-bond donors (Lipinski definition) is 0. The Labute approximate surface area is 50.4 Å². The van der Waals surface area contributed by atoms with Crippen molar-refractivity contribution in [2.45, 2.75) is 13.3 Å². The summed E-state index contributed by atoms with van der Waals surface area (Å²) in [5.41, 5.74) is 0. The summed E-state index contributed by atoms with van der Waals surface area (Å²) in [5, 5.41) is 0. The van der Waals surface area contributed by atoms with E-state index >= 15 is 0 Å². The molecular formula is C7H10O. The first-order chi connectivity index (χ1) is 3.81. The number of rotatable bonds is 3. The van der Waals surface area contributed by atoms with Gasteiger partial charge in [0.1, 0.15) is 5.76 Å². The van der Waals surface area contributed by atoms with Crippen LogP contribution in [0.1, 0.15) is 13.3 Å². The maximum atomic E-state index is 4.97. The molecule has 0 aliphatic carbocycles. The molecule has 44 valence electrons. The van der Waals surface area contributed by atoms with Crippen LogP contribution in [0.5, 0.6) is 0 Å². The average molecular weight is 110 g/mol. The van der Waals surface area contributed by atoms with Gasteiger partial charge in [-0.05, 0) is 6.92 Å². The molecule has 0 aliphatic heterocycles. The summed E-state index contributed by atoms with van der Waals surface area (Å²) in [6.45, 7) is 6.13. The largest absolute Gasteiger partial charge is 0.498 e. The van der Waals surface area contributed by atoms with E-state index in [1.54, 1.807) is 0 Å². The summed E-state index contributed by atoms with van der Waals surface area (Å²) in [7, 11) is 0. The normalized spacial score (nSPS) is 7.50.